The van der Waals surface area contributed by atoms with Crippen LogP contribution in [0.5, 0.6) is 0 Å². The Morgan fingerprint density at radius 3 is 2.65 bits per heavy atom. The van der Waals surface area contributed by atoms with E-state index in [1.54, 1.807) is 6.20 Å². The van der Waals surface area contributed by atoms with E-state index in [0.29, 0.717) is 5.69 Å². The van der Waals surface area contributed by atoms with Crippen LogP contribution in [0.25, 0.3) is 22.2 Å². The monoisotopic (exact) mass is 222 g/mol. The largest absolute Gasteiger partial charge is 0.344 e. The molecule has 1 heterocycles. The van der Waals surface area contributed by atoms with Crippen LogP contribution in [0.1, 0.15) is 10.5 Å². The van der Waals surface area contributed by atoms with Gasteiger partial charge in [0.15, 0.2) is 6.29 Å². The number of nitrogens with one attached hydrogen (secondary N) is 1. The number of H-pyrrole nitrogens is 1. The minimum Gasteiger partial charge on any atom is -0.344 e. The van der Waals surface area contributed by atoms with Gasteiger partial charge in [-0.15, -0.1) is 0 Å². The highest BCUT2D eigenvalue weighted by Gasteiger charge is 2.03. The van der Waals surface area contributed by atoms with Crippen molar-refractivity contribution in [3.63, 3.8) is 0 Å². The van der Waals surface area contributed by atoms with Crippen molar-refractivity contribution in [3.8, 4) is 11.4 Å². The number of rotatable bonds is 2. The van der Waals surface area contributed by atoms with Gasteiger partial charge in [-0.25, -0.2) is 4.98 Å². The number of hydrogen-bond acceptors (Lipinski definition) is 2. The molecule has 3 nitrogen and oxygen atoms in total. The average molecular weight is 222 g/mol. The minimum absolute atomic E-state index is 0.424. The van der Waals surface area contributed by atoms with E-state index in [1.165, 1.54) is 5.39 Å². The van der Waals surface area contributed by atoms with E-state index in [0.717, 1.165) is 23.1 Å². The maximum atomic E-state index is 10.6. The van der Waals surface area contributed by atoms with Gasteiger partial charge in [0.25, 0.3) is 0 Å². The molecule has 3 aromatic rings. The normalized spacial score (nSPS) is 10.6. The smallest absolute Gasteiger partial charge is 0.170 e. The molecule has 0 unspecified atom stereocenters. The van der Waals surface area contributed by atoms with Crippen LogP contribution in [0.4, 0.5) is 0 Å². The Morgan fingerprint density at radius 2 is 1.88 bits per heavy atom. The Kier molecular flexibility index (Phi) is 2.22. The second-order valence-corrected chi connectivity index (χ2v) is 3.85. The van der Waals surface area contributed by atoms with Gasteiger partial charge in [0.05, 0.1) is 0 Å². The number of aldehydes is 1. The van der Waals surface area contributed by atoms with E-state index in [9.17, 15) is 4.79 Å². The molecule has 0 aliphatic carbocycles. The fraction of sp³-hybridized carbons (Fsp3) is 0. The quantitative estimate of drug-likeness (QED) is 0.677. The van der Waals surface area contributed by atoms with Crippen molar-refractivity contribution in [2.45, 2.75) is 0 Å². The summed E-state index contributed by atoms with van der Waals surface area (Å²) in [4.78, 5) is 17.8. The number of nitrogens with zero attached hydrogens (tertiary/aromatic N) is 1. The summed E-state index contributed by atoms with van der Waals surface area (Å²) in [5.74, 6) is 0.720. The van der Waals surface area contributed by atoms with Gasteiger partial charge >= 0.3 is 0 Å². The molecule has 0 radical (unpaired) electrons. The zero-order valence-electron chi connectivity index (χ0n) is 9.05. The molecule has 1 aromatic heterocycles. The van der Waals surface area contributed by atoms with Gasteiger partial charge in [0.1, 0.15) is 11.5 Å². The van der Waals surface area contributed by atoms with Crippen molar-refractivity contribution in [1.29, 1.82) is 0 Å². The van der Waals surface area contributed by atoms with Gasteiger partial charge in [-0.1, -0.05) is 36.4 Å². The second-order valence-electron chi connectivity index (χ2n) is 3.85. The number of fused-ring (bicyclic) bond motifs is 1. The lowest BCUT2D eigenvalue weighted by molar-refractivity contribution is 0.111. The van der Waals surface area contributed by atoms with Crippen LogP contribution in [-0.4, -0.2) is 16.3 Å². The van der Waals surface area contributed by atoms with Crippen molar-refractivity contribution in [2.24, 2.45) is 0 Å². The Bertz CT molecular complexity index is 685. The maximum Gasteiger partial charge on any atom is 0.170 e. The summed E-state index contributed by atoms with van der Waals surface area (Å²) in [5.41, 5.74) is 1.41. The van der Waals surface area contributed by atoms with Gasteiger partial charge in [-0.05, 0) is 16.8 Å². The predicted octanol–water partition coefficient (Wildman–Crippen LogP) is 3.04. The Labute approximate surface area is 98.1 Å². The van der Waals surface area contributed by atoms with Crippen molar-refractivity contribution in [3.05, 3.63) is 54.4 Å². The second kappa shape index (κ2) is 3.87. The lowest BCUT2D eigenvalue weighted by Gasteiger charge is -2.00. The molecule has 2 aromatic carbocycles. The molecule has 0 aliphatic rings. The molecule has 3 heteroatoms. The van der Waals surface area contributed by atoms with E-state index in [4.69, 9.17) is 0 Å². The molecule has 0 spiro atoms. The minimum atomic E-state index is 0.424. The molecule has 0 saturated heterocycles. The zero-order chi connectivity index (χ0) is 11.7. The Morgan fingerprint density at radius 1 is 1.06 bits per heavy atom. The SMILES string of the molecule is O=Cc1c[nH]c(-c2ccc3ccccc3c2)n1. The summed E-state index contributed by atoms with van der Waals surface area (Å²) < 4.78 is 0. The molecule has 0 aliphatic heterocycles. The molecule has 0 fully saturated rings. The number of carbonyl (C=O) groups is 1. The topological polar surface area (TPSA) is 45.8 Å². The summed E-state index contributed by atoms with van der Waals surface area (Å²) >= 11 is 0. The first kappa shape index (κ1) is 9.78. The van der Waals surface area contributed by atoms with Crippen LogP contribution in [0.3, 0.4) is 0 Å². The van der Waals surface area contributed by atoms with Gasteiger partial charge in [0, 0.05) is 11.8 Å². The first-order valence-corrected chi connectivity index (χ1v) is 5.36. The molecular formula is C14H10N2O. The molecule has 1 N–H and O–H groups in total. The summed E-state index contributed by atoms with van der Waals surface area (Å²) in [5, 5.41) is 2.35. The number of imidazole rings is 1. The number of benzene rings is 2. The molecule has 0 bridgehead atoms. The predicted molar refractivity (Wildman–Crippen MR) is 66.9 cm³/mol. The fourth-order valence-corrected chi connectivity index (χ4v) is 1.88. The lowest BCUT2D eigenvalue weighted by Crippen LogP contribution is -1.82. The van der Waals surface area contributed by atoms with Crippen LogP contribution in [0.2, 0.25) is 0 Å². The third-order valence-electron chi connectivity index (χ3n) is 2.74. The maximum absolute atomic E-state index is 10.6. The van der Waals surface area contributed by atoms with Crippen LogP contribution < -0.4 is 0 Å². The third kappa shape index (κ3) is 1.72. The van der Waals surface area contributed by atoms with Crippen molar-refractivity contribution in [2.75, 3.05) is 0 Å². The fourth-order valence-electron chi connectivity index (χ4n) is 1.88. The van der Waals surface area contributed by atoms with Crippen LogP contribution in [-0.2, 0) is 0 Å². The highest BCUT2D eigenvalue weighted by atomic mass is 16.1. The van der Waals surface area contributed by atoms with Crippen molar-refractivity contribution < 1.29 is 4.79 Å². The van der Waals surface area contributed by atoms with E-state index in [-0.39, 0.29) is 0 Å². The number of carbonyl (C=O) groups excluding carboxylic acids is 1. The summed E-state index contributed by atoms with van der Waals surface area (Å²) in [7, 11) is 0. The van der Waals surface area contributed by atoms with Gasteiger partial charge in [-0.2, -0.15) is 0 Å². The van der Waals surface area contributed by atoms with Crippen molar-refractivity contribution >= 4 is 17.1 Å². The molecule has 0 saturated carbocycles. The van der Waals surface area contributed by atoms with Crippen LogP contribution in [0.15, 0.2) is 48.7 Å². The summed E-state index contributed by atoms with van der Waals surface area (Å²) in [6, 6.07) is 14.2. The molecule has 0 amide bonds. The molecule has 17 heavy (non-hydrogen) atoms. The number of aromatic nitrogens is 2. The molecular weight excluding hydrogens is 212 g/mol. The Balaban J connectivity index is 2.14. The van der Waals surface area contributed by atoms with E-state index in [2.05, 4.69) is 28.2 Å². The lowest BCUT2D eigenvalue weighted by atomic mass is 10.1. The first-order valence-electron chi connectivity index (χ1n) is 5.36. The highest BCUT2D eigenvalue weighted by molar-refractivity contribution is 5.86. The number of aromatic amines is 1. The van der Waals surface area contributed by atoms with Crippen LogP contribution >= 0.6 is 0 Å². The molecule has 82 valence electrons. The van der Waals surface area contributed by atoms with E-state index < -0.39 is 0 Å². The van der Waals surface area contributed by atoms with Gasteiger partial charge in [0.2, 0.25) is 0 Å². The van der Waals surface area contributed by atoms with Crippen LogP contribution in [0, 0.1) is 0 Å². The van der Waals surface area contributed by atoms with E-state index >= 15 is 0 Å². The van der Waals surface area contributed by atoms with Gasteiger partial charge in [-0.3, -0.25) is 4.79 Å². The average Bonchev–Trinajstić information content (AvgIpc) is 2.87. The van der Waals surface area contributed by atoms with Crippen molar-refractivity contribution in [1.82, 2.24) is 9.97 Å². The molecule has 0 atom stereocenters. The number of hydrogen-bond donors (Lipinski definition) is 1. The standard InChI is InChI=1S/C14H10N2O/c17-9-13-8-15-14(16-13)12-6-5-10-3-1-2-4-11(10)7-12/h1-9H,(H,15,16). The highest BCUT2D eigenvalue weighted by Crippen LogP contribution is 2.21. The molecule has 3 rings (SSSR count). The van der Waals surface area contributed by atoms with E-state index in [1.807, 2.05) is 24.3 Å². The zero-order valence-corrected chi connectivity index (χ0v) is 9.05. The summed E-state index contributed by atoms with van der Waals surface area (Å²) in [6.45, 7) is 0. The van der Waals surface area contributed by atoms with Gasteiger partial charge < -0.3 is 4.98 Å². The Hall–Kier alpha value is -2.42. The first-order chi connectivity index (χ1) is 8.36. The summed E-state index contributed by atoms with van der Waals surface area (Å²) in [6.07, 6.45) is 2.35. The third-order valence-corrected chi connectivity index (χ3v) is 2.74.